The van der Waals surface area contributed by atoms with Crippen LogP contribution in [0, 0.1) is 11.3 Å². The van der Waals surface area contributed by atoms with Crippen molar-refractivity contribution in [2.24, 2.45) is 17.1 Å². The van der Waals surface area contributed by atoms with Gasteiger partial charge in [-0.05, 0) is 30.7 Å². The Hall–Kier alpha value is -0.0400. The Morgan fingerprint density at radius 3 is 2.70 bits per heavy atom. The Bertz CT molecular complexity index is 111. The highest BCUT2D eigenvalue weighted by molar-refractivity contribution is 4.88. The first-order valence-electron chi connectivity index (χ1n) is 4.43. The first-order chi connectivity index (χ1) is 4.73. The fourth-order valence-corrected chi connectivity index (χ4v) is 2.27. The molecule has 1 rings (SSSR count). The average Bonchev–Trinajstić information content (AvgIpc) is 2.32. The zero-order valence-corrected chi connectivity index (χ0v) is 7.19. The Morgan fingerprint density at radius 1 is 1.60 bits per heavy atom. The van der Waals surface area contributed by atoms with Crippen LogP contribution in [0.1, 0.15) is 39.5 Å². The summed E-state index contributed by atoms with van der Waals surface area (Å²) in [7, 11) is 0. The smallest absolute Gasteiger partial charge is 0.00205 e. The molecule has 0 unspecified atom stereocenters. The van der Waals surface area contributed by atoms with Crippen molar-refractivity contribution in [3.8, 4) is 0 Å². The summed E-state index contributed by atoms with van der Waals surface area (Å²) in [5, 5.41) is 0. The van der Waals surface area contributed by atoms with Gasteiger partial charge in [-0.3, -0.25) is 0 Å². The summed E-state index contributed by atoms with van der Waals surface area (Å²) in [6.07, 6.45) is 5.46. The molecule has 2 N–H and O–H groups in total. The van der Waals surface area contributed by atoms with Gasteiger partial charge in [-0.25, -0.2) is 0 Å². The molecular formula is C9H19N. The van der Waals surface area contributed by atoms with Gasteiger partial charge in [-0.1, -0.05) is 26.7 Å². The minimum Gasteiger partial charge on any atom is -0.330 e. The summed E-state index contributed by atoms with van der Waals surface area (Å²) >= 11 is 0. The van der Waals surface area contributed by atoms with E-state index in [0.717, 1.165) is 12.5 Å². The van der Waals surface area contributed by atoms with E-state index < -0.39 is 0 Å². The molecule has 0 saturated heterocycles. The minimum atomic E-state index is 0.481. The first-order valence-corrected chi connectivity index (χ1v) is 4.43. The Labute approximate surface area is 64.0 Å². The van der Waals surface area contributed by atoms with Gasteiger partial charge >= 0.3 is 0 Å². The van der Waals surface area contributed by atoms with E-state index in [9.17, 15) is 0 Å². The van der Waals surface area contributed by atoms with Crippen molar-refractivity contribution >= 4 is 0 Å². The van der Waals surface area contributed by atoms with Crippen LogP contribution in [-0.4, -0.2) is 6.54 Å². The van der Waals surface area contributed by atoms with E-state index in [1.807, 2.05) is 0 Å². The molecule has 10 heavy (non-hydrogen) atoms. The molecule has 0 spiro atoms. The lowest BCUT2D eigenvalue weighted by Gasteiger charge is -2.29. The average molecular weight is 141 g/mol. The number of rotatable bonds is 2. The van der Waals surface area contributed by atoms with Gasteiger partial charge in [0.2, 0.25) is 0 Å². The Morgan fingerprint density at radius 2 is 2.30 bits per heavy atom. The highest BCUT2D eigenvalue weighted by Gasteiger charge is 2.35. The predicted molar refractivity (Wildman–Crippen MR) is 44.8 cm³/mol. The van der Waals surface area contributed by atoms with Crippen molar-refractivity contribution in [2.45, 2.75) is 39.5 Å². The molecule has 0 radical (unpaired) electrons. The molecule has 1 aliphatic rings. The monoisotopic (exact) mass is 141 g/mol. The van der Waals surface area contributed by atoms with Crippen LogP contribution in [0.15, 0.2) is 0 Å². The van der Waals surface area contributed by atoms with Gasteiger partial charge in [0.15, 0.2) is 0 Å². The number of hydrogen-bond acceptors (Lipinski definition) is 1. The fraction of sp³-hybridized carbons (Fsp3) is 1.00. The second-order valence-electron chi connectivity index (χ2n) is 3.86. The van der Waals surface area contributed by atoms with Crippen LogP contribution in [-0.2, 0) is 0 Å². The molecule has 1 fully saturated rings. The summed E-state index contributed by atoms with van der Waals surface area (Å²) in [5.74, 6) is 0.900. The quantitative estimate of drug-likeness (QED) is 0.626. The molecule has 60 valence electrons. The van der Waals surface area contributed by atoms with Gasteiger partial charge in [0.05, 0.1) is 0 Å². The van der Waals surface area contributed by atoms with Gasteiger partial charge in [0.25, 0.3) is 0 Å². The molecule has 1 saturated carbocycles. The van der Waals surface area contributed by atoms with Crippen LogP contribution in [0.2, 0.25) is 0 Å². The molecule has 0 amide bonds. The summed E-state index contributed by atoms with van der Waals surface area (Å²) in [4.78, 5) is 0. The standard InChI is InChI=1S/C9H19N/c1-3-8-5-4-6-9(8,2)7-10/h8H,3-7,10H2,1-2H3/t8-,9-/m1/s1. The normalized spacial score (nSPS) is 40.5. The van der Waals surface area contributed by atoms with E-state index in [4.69, 9.17) is 5.73 Å². The number of hydrogen-bond donors (Lipinski definition) is 1. The van der Waals surface area contributed by atoms with Crippen LogP contribution in [0.4, 0.5) is 0 Å². The maximum Gasteiger partial charge on any atom is -0.00205 e. The van der Waals surface area contributed by atoms with Crippen molar-refractivity contribution in [1.82, 2.24) is 0 Å². The first kappa shape index (κ1) is 8.06. The van der Waals surface area contributed by atoms with Crippen molar-refractivity contribution in [1.29, 1.82) is 0 Å². The Kier molecular flexibility index (Phi) is 2.35. The second kappa shape index (κ2) is 2.91. The molecule has 0 aliphatic heterocycles. The van der Waals surface area contributed by atoms with Crippen molar-refractivity contribution in [3.05, 3.63) is 0 Å². The Balaban J connectivity index is 2.56. The van der Waals surface area contributed by atoms with Gasteiger partial charge in [-0.2, -0.15) is 0 Å². The highest BCUT2D eigenvalue weighted by Crippen LogP contribution is 2.43. The van der Waals surface area contributed by atoms with Crippen molar-refractivity contribution in [2.75, 3.05) is 6.54 Å². The second-order valence-corrected chi connectivity index (χ2v) is 3.86. The lowest BCUT2D eigenvalue weighted by molar-refractivity contribution is 0.233. The van der Waals surface area contributed by atoms with Gasteiger partial charge < -0.3 is 5.73 Å². The van der Waals surface area contributed by atoms with E-state index in [1.165, 1.54) is 25.7 Å². The molecule has 2 atom stereocenters. The maximum atomic E-state index is 5.73. The number of nitrogens with two attached hydrogens (primary N) is 1. The van der Waals surface area contributed by atoms with Crippen LogP contribution in [0.3, 0.4) is 0 Å². The molecule has 0 aromatic heterocycles. The van der Waals surface area contributed by atoms with Gasteiger partial charge in [0.1, 0.15) is 0 Å². The fourth-order valence-electron chi connectivity index (χ4n) is 2.27. The van der Waals surface area contributed by atoms with Crippen molar-refractivity contribution in [3.63, 3.8) is 0 Å². The van der Waals surface area contributed by atoms with Crippen LogP contribution in [0.5, 0.6) is 0 Å². The molecule has 0 aromatic rings. The molecule has 1 aliphatic carbocycles. The lowest BCUT2D eigenvalue weighted by atomic mass is 9.78. The molecule has 0 heterocycles. The lowest BCUT2D eigenvalue weighted by Crippen LogP contribution is -2.30. The third-order valence-electron chi connectivity index (χ3n) is 3.25. The largest absolute Gasteiger partial charge is 0.330 e. The van der Waals surface area contributed by atoms with E-state index in [1.54, 1.807) is 0 Å². The van der Waals surface area contributed by atoms with Crippen LogP contribution < -0.4 is 5.73 Å². The topological polar surface area (TPSA) is 26.0 Å². The summed E-state index contributed by atoms with van der Waals surface area (Å²) in [6.45, 7) is 5.50. The van der Waals surface area contributed by atoms with E-state index in [2.05, 4.69) is 13.8 Å². The summed E-state index contributed by atoms with van der Waals surface area (Å²) in [6, 6.07) is 0. The molecule has 1 nitrogen and oxygen atoms in total. The maximum absolute atomic E-state index is 5.73. The molecular weight excluding hydrogens is 122 g/mol. The van der Waals surface area contributed by atoms with E-state index in [-0.39, 0.29) is 0 Å². The van der Waals surface area contributed by atoms with Crippen molar-refractivity contribution < 1.29 is 0 Å². The molecule has 0 aromatic carbocycles. The SMILES string of the molecule is CC[C@@H]1CCC[C@]1(C)CN. The third-order valence-corrected chi connectivity index (χ3v) is 3.25. The van der Waals surface area contributed by atoms with E-state index >= 15 is 0 Å². The van der Waals surface area contributed by atoms with Gasteiger partial charge in [-0.15, -0.1) is 0 Å². The van der Waals surface area contributed by atoms with Gasteiger partial charge in [0, 0.05) is 0 Å². The third kappa shape index (κ3) is 1.20. The zero-order chi connectivity index (χ0) is 7.61. The highest BCUT2D eigenvalue weighted by atomic mass is 14.6. The predicted octanol–water partition coefficient (Wildman–Crippen LogP) is 2.16. The minimum absolute atomic E-state index is 0.481. The molecule has 0 bridgehead atoms. The van der Waals surface area contributed by atoms with Crippen LogP contribution in [0.25, 0.3) is 0 Å². The summed E-state index contributed by atoms with van der Waals surface area (Å²) < 4.78 is 0. The zero-order valence-electron chi connectivity index (χ0n) is 7.19. The van der Waals surface area contributed by atoms with Crippen LogP contribution >= 0.6 is 0 Å². The molecule has 1 heteroatoms. The van der Waals surface area contributed by atoms with E-state index in [0.29, 0.717) is 5.41 Å². The summed E-state index contributed by atoms with van der Waals surface area (Å²) in [5.41, 5.74) is 6.21.